The molecule has 4 rings (SSSR count). The lowest BCUT2D eigenvalue weighted by Crippen LogP contribution is -2.71. The van der Waals surface area contributed by atoms with Crippen LogP contribution in [0, 0.1) is 0 Å². The molecule has 2 aromatic heterocycles. The van der Waals surface area contributed by atoms with E-state index in [4.69, 9.17) is 16.1 Å². The number of azide groups is 1. The smallest absolute Gasteiger partial charge is 0.352 e. The Morgan fingerprint density at radius 2 is 2.16 bits per heavy atom. The highest BCUT2D eigenvalue weighted by Gasteiger charge is 2.54. The minimum absolute atomic E-state index is 0.0137. The number of carboxylic acid groups (broad SMARTS) is 1. The van der Waals surface area contributed by atoms with E-state index in [0.717, 1.165) is 28.5 Å². The molecule has 0 radical (unpaired) electrons. The van der Waals surface area contributed by atoms with Crippen LogP contribution in [0.5, 0.6) is 5.75 Å². The number of carboxylic acids is 1. The van der Waals surface area contributed by atoms with Gasteiger partial charge in [0, 0.05) is 22.1 Å². The summed E-state index contributed by atoms with van der Waals surface area (Å²) < 4.78 is 0.443. The zero-order valence-electron chi connectivity index (χ0n) is 18.9. The van der Waals surface area contributed by atoms with Gasteiger partial charge in [0.05, 0.1) is 12.7 Å². The molecule has 2 atom stereocenters. The number of hydrogen-bond donors (Lipinski definition) is 5. The Balaban J connectivity index is 1.53. The number of carbonyl (C=O) groups is 3. The number of amides is 2. The Labute approximate surface area is 219 Å². The highest BCUT2D eigenvalue weighted by Crippen LogP contribution is 2.40. The average Bonchev–Trinajstić information content (AvgIpc) is 3.31. The van der Waals surface area contributed by atoms with E-state index < -0.39 is 47.0 Å². The van der Waals surface area contributed by atoms with Crippen molar-refractivity contribution < 1.29 is 34.6 Å². The molecule has 0 bridgehead atoms. The largest absolute Gasteiger partial charge is 0.503 e. The van der Waals surface area contributed by atoms with Crippen LogP contribution in [-0.2, 0) is 25.8 Å². The molecule has 0 aromatic carbocycles. The Morgan fingerprint density at radius 1 is 1.39 bits per heavy atom. The first-order chi connectivity index (χ1) is 18.1. The molecule has 2 aromatic rings. The van der Waals surface area contributed by atoms with Gasteiger partial charge in [-0.2, -0.15) is 4.73 Å². The van der Waals surface area contributed by atoms with Crippen molar-refractivity contribution in [3.63, 3.8) is 0 Å². The number of thioether (sulfide) groups is 1. The fraction of sp³-hybridized carbons (Fsp3) is 0.263. The average molecular weight is 564 g/mol. The van der Waals surface area contributed by atoms with Gasteiger partial charge in [-0.25, -0.2) is 9.78 Å². The van der Waals surface area contributed by atoms with Gasteiger partial charge >= 0.3 is 5.97 Å². The van der Waals surface area contributed by atoms with E-state index in [2.05, 4.69) is 25.5 Å². The van der Waals surface area contributed by atoms with Crippen molar-refractivity contribution in [3.05, 3.63) is 61.0 Å². The van der Waals surface area contributed by atoms with Crippen LogP contribution in [0.1, 0.15) is 11.4 Å². The van der Waals surface area contributed by atoms with Gasteiger partial charge in [-0.1, -0.05) is 10.3 Å². The number of anilines is 1. The van der Waals surface area contributed by atoms with E-state index in [1.165, 1.54) is 17.1 Å². The summed E-state index contributed by atoms with van der Waals surface area (Å²) >= 11 is 2.18. The van der Waals surface area contributed by atoms with Crippen molar-refractivity contribution in [2.75, 3.05) is 18.0 Å². The molecule has 2 aliphatic rings. The predicted octanol–water partition coefficient (Wildman–Crippen LogP) is -0.200. The fourth-order valence-corrected chi connectivity index (χ4v) is 5.44. The fourth-order valence-electron chi connectivity index (χ4n) is 3.56. The number of pyridine rings is 1. The lowest BCUT2D eigenvalue weighted by atomic mass is 10.0. The summed E-state index contributed by atoms with van der Waals surface area (Å²) in [5.41, 5.74) is 12.9. The number of thiazole rings is 1. The maximum absolute atomic E-state index is 13.1. The van der Waals surface area contributed by atoms with Crippen LogP contribution >= 0.6 is 23.1 Å². The summed E-state index contributed by atoms with van der Waals surface area (Å²) in [5, 5.41) is 39.2. The second kappa shape index (κ2) is 10.7. The normalized spacial score (nSPS) is 18.8. The monoisotopic (exact) mass is 563 g/mol. The number of aliphatic carboxylic acids is 1. The number of hydrogen-bond acceptors (Lipinski definition) is 13. The first-order valence-corrected chi connectivity index (χ1v) is 12.3. The van der Waals surface area contributed by atoms with Crippen LogP contribution in [-0.4, -0.2) is 77.2 Å². The van der Waals surface area contributed by atoms with Gasteiger partial charge < -0.3 is 31.3 Å². The van der Waals surface area contributed by atoms with Crippen molar-refractivity contribution >= 4 is 51.7 Å². The van der Waals surface area contributed by atoms with Crippen molar-refractivity contribution in [1.29, 1.82) is 0 Å². The Kier molecular flexibility index (Phi) is 7.42. The van der Waals surface area contributed by atoms with E-state index in [1.54, 1.807) is 0 Å². The molecule has 1 saturated heterocycles. The van der Waals surface area contributed by atoms with Crippen LogP contribution in [0.3, 0.4) is 0 Å². The predicted molar refractivity (Wildman–Crippen MR) is 131 cm³/mol. The number of nitrogens with zero attached hydrogens (tertiary/aromatic N) is 7. The molecule has 2 amide bonds. The summed E-state index contributed by atoms with van der Waals surface area (Å²) in [6.07, 6.45) is 0.757. The standard InChI is InChI=1S/C19H17N9O8S2/c20-19-23-9(6-38-19)12(25-36-4-8-1-10(29)11(30)3-27(8)35)15(31)24-13-16(32)28-14(18(33)34)7(2-22-26-21)5-37-17(13)28/h1,3,6,13,17,30,35H,2,4-5H2,(H2,20,23)(H,24,31)(H,33,34)/t13-,17-/m1/s1. The van der Waals surface area contributed by atoms with Crippen LogP contribution in [0.4, 0.5) is 5.13 Å². The first kappa shape index (κ1) is 26.3. The minimum Gasteiger partial charge on any atom is -0.503 e. The summed E-state index contributed by atoms with van der Waals surface area (Å²) in [6, 6.07) is -0.208. The molecular formula is C19H17N9O8S2. The number of nitrogens with two attached hydrogens (primary N) is 1. The highest BCUT2D eigenvalue weighted by molar-refractivity contribution is 8.00. The second-order valence-corrected chi connectivity index (χ2v) is 9.65. The number of nitrogen functional groups attached to an aromatic ring is 1. The summed E-state index contributed by atoms with van der Waals surface area (Å²) in [5.74, 6) is -3.49. The van der Waals surface area contributed by atoms with Crippen molar-refractivity contribution in [3.8, 4) is 5.75 Å². The molecular weight excluding hydrogens is 546 g/mol. The topological polar surface area (TPSA) is 258 Å². The van der Waals surface area contributed by atoms with E-state index >= 15 is 0 Å². The third-order valence-electron chi connectivity index (χ3n) is 5.30. The Bertz CT molecular complexity index is 1490. The number of aromatic hydroxyl groups is 1. The van der Waals surface area contributed by atoms with Crippen LogP contribution in [0.15, 0.2) is 44.0 Å². The number of fused-ring (bicyclic) bond motifs is 1. The van der Waals surface area contributed by atoms with Crippen molar-refractivity contribution in [2.24, 2.45) is 10.3 Å². The molecule has 17 nitrogen and oxygen atoms in total. The van der Waals surface area contributed by atoms with E-state index in [1.807, 2.05) is 0 Å². The minimum atomic E-state index is -1.37. The lowest BCUT2D eigenvalue weighted by Gasteiger charge is -2.49. The zero-order valence-corrected chi connectivity index (χ0v) is 20.5. The quantitative estimate of drug-likeness (QED) is 0.0507. The van der Waals surface area contributed by atoms with E-state index in [-0.39, 0.29) is 45.8 Å². The number of nitrogens with one attached hydrogen (secondary N) is 1. The molecule has 0 spiro atoms. The number of oxime groups is 1. The molecule has 38 heavy (non-hydrogen) atoms. The second-order valence-electron chi connectivity index (χ2n) is 7.65. The van der Waals surface area contributed by atoms with Crippen molar-refractivity contribution in [2.45, 2.75) is 18.0 Å². The maximum atomic E-state index is 13.1. The third kappa shape index (κ3) is 5.05. The van der Waals surface area contributed by atoms with Gasteiger partial charge in [0.1, 0.15) is 28.5 Å². The Morgan fingerprint density at radius 3 is 2.82 bits per heavy atom. The molecule has 0 saturated carbocycles. The van der Waals surface area contributed by atoms with Gasteiger partial charge in [0.15, 0.2) is 23.2 Å². The Hall–Kier alpha value is -4.74. The number of β-lactam (4-membered cyclic amide) rings is 1. The first-order valence-electron chi connectivity index (χ1n) is 10.4. The number of rotatable bonds is 9. The van der Waals surface area contributed by atoms with E-state index in [0.29, 0.717) is 4.73 Å². The van der Waals surface area contributed by atoms with Crippen LogP contribution in [0.2, 0.25) is 0 Å². The number of aromatic nitrogens is 2. The molecule has 0 unspecified atom stereocenters. The molecule has 1 fully saturated rings. The van der Waals surface area contributed by atoms with Crippen LogP contribution < -0.4 is 16.5 Å². The van der Waals surface area contributed by atoms with Gasteiger partial charge in [-0.05, 0) is 11.1 Å². The molecule has 19 heteroatoms. The van der Waals surface area contributed by atoms with Gasteiger partial charge in [-0.3, -0.25) is 19.3 Å². The lowest BCUT2D eigenvalue weighted by molar-refractivity contribution is -0.150. The van der Waals surface area contributed by atoms with Gasteiger partial charge in [0.25, 0.3) is 11.8 Å². The molecule has 2 aliphatic heterocycles. The highest BCUT2D eigenvalue weighted by atomic mass is 32.2. The summed E-state index contributed by atoms with van der Waals surface area (Å²) in [7, 11) is 0. The molecule has 198 valence electrons. The SMILES string of the molecule is [N-]=[N+]=NCC1=C(C(=O)O)N2C(=O)[C@@H](NC(=O)C(=NOCc3cc(=O)c(O)cn3O)c3csc(N)n3)[C@H]2SC1. The zero-order chi connectivity index (χ0) is 27.6. The third-order valence-corrected chi connectivity index (χ3v) is 7.31. The van der Waals surface area contributed by atoms with Gasteiger partial charge in [-0.15, -0.1) is 23.1 Å². The van der Waals surface area contributed by atoms with Gasteiger partial charge in [0.2, 0.25) is 5.43 Å². The number of carbonyl (C=O) groups excluding carboxylic acids is 2. The molecule has 4 heterocycles. The molecule has 6 N–H and O–H groups in total. The van der Waals surface area contributed by atoms with Crippen molar-refractivity contribution in [1.82, 2.24) is 19.9 Å². The summed E-state index contributed by atoms with van der Waals surface area (Å²) in [4.78, 5) is 62.1. The molecule has 0 aliphatic carbocycles. The van der Waals surface area contributed by atoms with Crippen LogP contribution in [0.25, 0.3) is 10.4 Å². The maximum Gasteiger partial charge on any atom is 0.352 e. The summed E-state index contributed by atoms with van der Waals surface area (Å²) in [6.45, 7) is -0.710. The van der Waals surface area contributed by atoms with E-state index in [9.17, 15) is 34.6 Å².